The molecule has 2 heterocycles. The van der Waals surface area contributed by atoms with E-state index in [4.69, 9.17) is 11.6 Å². The van der Waals surface area contributed by atoms with E-state index >= 15 is 0 Å². The lowest BCUT2D eigenvalue weighted by molar-refractivity contribution is -0.115. The first-order chi connectivity index (χ1) is 17.0. The summed E-state index contributed by atoms with van der Waals surface area (Å²) in [6.45, 7) is 0. The number of hydrogen-bond donors (Lipinski definition) is 4. The lowest BCUT2D eigenvalue weighted by atomic mass is 10.1. The van der Waals surface area contributed by atoms with Crippen LogP contribution in [0.25, 0.3) is 22.3 Å². The maximum atomic E-state index is 13.1. The first kappa shape index (κ1) is 22.8. The first-order valence-electron chi connectivity index (χ1n) is 10.5. The lowest BCUT2D eigenvalue weighted by Gasteiger charge is -2.09. The van der Waals surface area contributed by atoms with E-state index in [1.54, 1.807) is 36.4 Å². The summed E-state index contributed by atoms with van der Waals surface area (Å²) < 4.78 is 0.812. The Labute approximate surface area is 212 Å². The molecule has 0 spiro atoms. The van der Waals surface area contributed by atoms with Gasteiger partial charge in [-0.05, 0) is 58.5 Å². The van der Waals surface area contributed by atoms with Crippen molar-refractivity contribution in [3.63, 3.8) is 0 Å². The molecule has 0 aliphatic heterocycles. The van der Waals surface area contributed by atoms with E-state index in [1.165, 1.54) is 0 Å². The van der Waals surface area contributed by atoms with Gasteiger partial charge in [0.15, 0.2) is 5.82 Å². The number of rotatable bonds is 6. The number of hydrogen-bond acceptors (Lipinski definition) is 5. The highest BCUT2D eigenvalue weighted by atomic mass is 79.9. The van der Waals surface area contributed by atoms with Crippen LogP contribution in [0.4, 0.5) is 11.4 Å². The molecular weight excluding hydrogens is 534 g/mol. The first-order valence-corrected chi connectivity index (χ1v) is 11.6. The van der Waals surface area contributed by atoms with Gasteiger partial charge in [0.1, 0.15) is 5.69 Å². The summed E-state index contributed by atoms with van der Waals surface area (Å²) in [7, 11) is 0. The zero-order valence-electron chi connectivity index (χ0n) is 18.0. The van der Waals surface area contributed by atoms with Crippen LogP contribution in [-0.4, -0.2) is 37.4 Å². The second-order valence-electron chi connectivity index (χ2n) is 7.70. The average molecular weight is 551 g/mol. The molecule has 35 heavy (non-hydrogen) atoms. The van der Waals surface area contributed by atoms with Gasteiger partial charge in [-0.3, -0.25) is 9.59 Å². The molecule has 0 atom stereocenters. The Balaban J connectivity index is 1.37. The molecule has 9 nitrogen and oxygen atoms in total. The quantitative estimate of drug-likeness (QED) is 0.231. The lowest BCUT2D eigenvalue weighted by Crippen LogP contribution is -2.15. The van der Waals surface area contributed by atoms with E-state index in [0.717, 1.165) is 15.4 Å². The van der Waals surface area contributed by atoms with E-state index in [2.05, 4.69) is 52.2 Å². The maximum Gasteiger partial charge on any atom is 0.272 e. The summed E-state index contributed by atoms with van der Waals surface area (Å²) in [5.41, 5.74) is 3.58. The predicted molar refractivity (Wildman–Crippen MR) is 137 cm³/mol. The summed E-state index contributed by atoms with van der Waals surface area (Å²) in [6, 6.07) is 19.7. The summed E-state index contributed by atoms with van der Waals surface area (Å²) in [5, 5.41) is 21.1. The molecule has 0 aliphatic carbocycles. The summed E-state index contributed by atoms with van der Waals surface area (Å²) in [6.07, 6.45) is 0.199. The molecule has 0 aliphatic rings. The molecule has 0 radical (unpaired) electrons. The molecule has 11 heteroatoms. The number of aromatic amines is 2. The Morgan fingerprint density at radius 1 is 0.971 bits per heavy atom. The number of benzene rings is 3. The van der Waals surface area contributed by atoms with Crippen LogP contribution in [-0.2, 0) is 11.2 Å². The Kier molecular flexibility index (Phi) is 6.30. The molecule has 4 N–H and O–H groups in total. The van der Waals surface area contributed by atoms with Crippen molar-refractivity contribution in [2.45, 2.75) is 6.42 Å². The highest BCUT2D eigenvalue weighted by molar-refractivity contribution is 9.10. The minimum atomic E-state index is -0.351. The van der Waals surface area contributed by atoms with Crippen LogP contribution in [0.2, 0.25) is 5.02 Å². The van der Waals surface area contributed by atoms with Crippen LogP contribution in [0.3, 0.4) is 0 Å². The molecular formula is C24H17BrClN7O2. The average Bonchev–Trinajstić information content (AvgIpc) is 3.52. The van der Waals surface area contributed by atoms with Crippen LogP contribution in [0.15, 0.2) is 71.2 Å². The SMILES string of the molecule is O=C(Cc1ccc(Cl)cc1)Nc1cccc2cc(C(=O)Nc3ccc(Br)cc3-c3nnn[nH]3)[nH]c12. The van der Waals surface area contributed by atoms with E-state index in [-0.39, 0.29) is 18.2 Å². The molecule has 2 aromatic heterocycles. The zero-order chi connectivity index (χ0) is 24.4. The predicted octanol–water partition coefficient (Wildman–Crippen LogP) is 5.20. The second kappa shape index (κ2) is 9.69. The number of carbonyl (C=O) groups is 2. The van der Waals surface area contributed by atoms with Gasteiger partial charge >= 0.3 is 0 Å². The molecule has 0 bridgehead atoms. The smallest absolute Gasteiger partial charge is 0.272 e. The molecule has 174 valence electrons. The van der Waals surface area contributed by atoms with Crippen molar-refractivity contribution in [2.24, 2.45) is 0 Å². The van der Waals surface area contributed by atoms with Gasteiger partial charge in [0.2, 0.25) is 5.91 Å². The Morgan fingerprint density at radius 3 is 2.57 bits per heavy atom. The largest absolute Gasteiger partial charge is 0.349 e. The third-order valence-electron chi connectivity index (χ3n) is 5.28. The van der Waals surface area contributed by atoms with Gasteiger partial charge in [-0.15, -0.1) is 5.10 Å². The number of nitrogens with one attached hydrogen (secondary N) is 4. The van der Waals surface area contributed by atoms with Crippen LogP contribution in [0.5, 0.6) is 0 Å². The molecule has 0 saturated carbocycles. The minimum Gasteiger partial charge on any atom is -0.349 e. The standard InChI is InChI=1S/C24H17BrClN7O2/c25-15-6-9-18(17(12-15)23-30-32-33-31-23)29-24(35)20-11-14-2-1-3-19(22(14)28-20)27-21(34)10-13-4-7-16(26)8-5-13/h1-9,11-12,28H,10H2,(H,27,34)(H,29,35)(H,30,31,32,33). The highest BCUT2D eigenvalue weighted by Crippen LogP contribution is 2.29. The van der Waals surface area contributed by atoms with Crippen molar-refractivity contribution in [3.8, 4) is 11.4 Å². The van der Waals surface area contributed by atoms with Crippen molar-refractivity contribution in [3.05, 3.63) is 87.5 Å². The van der Waals surface area contributed by atoms with Crippen LogP contribution in [0, 0.1) is 0 Å². The molecule has 5 aromatic rings. The van der Waals surface area contributed by atoms with E-state index in [0.29, 0.717) is 39.0 Å². The minimum absolute atomic E-state index is 0.180. The second-order valence-corrected chi connectivity index (χ2v) is 9.05. The topological polar surface area (TPSA) is 128 Å². The number of amides is 2. The number of para-hydroxylation sites is 1. The normalized spacial score (nSPS) is 10.9. The molecule has 0 saturated heterocycles. The van der Waals surface area contributed by atoms with Crippen molar-refractivity contribution < 1.29 is 9.59 Å². The molecule has 0 unspecified atom stereocenters. The van der Waals surface area contributed by atoms with Gasteiger partial charge in [0, 0.05) is 20.4 Å². The number of anilines is 2. The molecule has 0 fully saturated rings. The van der Waals surface area contributed by atoms with Gasteiger partial charge in [-0.1, -0.05) is 51.8 Å². The van der Waals surface area contributed by atoms with E-state index < -0.39 is 0 Å². The van der Waals surface area contributed by atoms with Crippen molar-refractivity contribution in [1.82, 2.24) is 25.6 Å². The van der Waals surface area contributed by atoms with Crippen molar-refractivity contribution in [1.29, 1.82) is 0 Å². The van der Waals surface area contributed by atoms with Crippen LogP contribution < -0.4 is 10.6 Å². The van der Waals surface area contributed by atoms with Gasteiger partial charge in [-0.25, -0.2) is 5.10 Å². The van der Waals surface area contributed by atoms with Crippen molar-refractivity contribution in [2.75, 3.05) is 10.6 Å². The molecule has 2 amide bonds. The third kappa shape index (κ3) is 5.08. The van der Waals surface area contributed by atoms with Gasteiger partial charge in [-0.2, -0.15) is 0 Å². The Bertz CT molecular complexity index is 1530. The third-order valence-corrected chi connectivity index (χ3v) is 6.03. The van der Waals surface area contributed by atoms with Gasteiger partial charge in [0.25, 0.3) is 5.91 Å². The van der Waals surface area contributed by atoms with Gasteiger partial charge in [0.05, 0.1) is 23.3 Å². The summed E-state index contributed by atoms with van der Waals surface area (Å²) in [5.74, 6) is -0.111. The van der Waals surface area contributed by atoms with Crippen LogP contribution in [0.1, 0.15) is 16.1 Å². The molecule has 5 rings (SSSR count). The number of H-pyrrole nitrogens is 2. The highest BCUT2D eigenvalue weighted by Gasteiger charge is 2.16. The molecule has 3 aromatic carbocycles. The van der Waals surface area contributed by atoms with Crippen LogP contribution >= 0.6 is 27.5 Å². The maximum absolute atomic E-state index is 13.1. The number of carbonyl (C=O) groups excluding carboxylic acids is 2. The number of tetrazole rings is 1. The van der Waals surface area contributed by atoms with Crippen molar-refractivity contribution >= 4 is 61.6 Å². The number of nitrogens with zero attached hydrogens (tertiary/aromatic N) is 3. The summed E-state index contributed by atoms with van der Waals surface area (Å²) in [4.78, 5) is 28.8. The fourth-order valence-electron chi connectivity index (χ4n) is 3.65. The van der Waals surface area contributed by atoms with Gasteiger partial charge < -0.3 is 15.6 Å². The summed E-state index contributed by atoms with van der Waals surface area (Å²) >= 11 is 9.34. The number of aromatic nitrogens is 5. The Morgan fingerprint density at radius 2 is 1.80 bits per heavy atom. The fraction of sp³-hybridized carbons (Fsp3) is 0.0417. The fourth-order valence-corrected chi connectivity index (χ4v) is 4.14. The van der Waals surface area contributed by atoms with E-state index in [1.807, 2.05) is 30.3 Å². The Hall–Kier alpha value is -4.02. The van der Waals surface area contributed by atoms with E-state index in [9.17, 15) is 9.59 Å². The number of halogens is 2. The monoisotopic (exact) mass is 549 g/mol. The zero-order valence-corrected chi connectivity index (χ0v) is 20.3. The number of fused-ring (bicyclic) bond motifs is 1.